The fourth-order valence-electron chi connectivity index (χ4n) is 3.77. The van der Waals surface area contributed by atoms with Crippen LogP contribution >= 0.6 is 0 Å². The van der Waals surface area contributed by atoms with E-state index in [1.807, 2.05) is 0 Å². The zero-order valence-electron chi connectivity index (χ0n) is 13.1. The van der Waals surface area contributed by atoms with Gasteiger partial charge in [-0.2, -0.15) is 0 Å². The topological polar surface area (TPSA) is 18.5 Å². The molecule has 0 spiro atoms. The van der Waals surface area contributed by atoms with Gasteiger partial charge in [-0.1, -0.05) is 38.1 Å². The van der Waals surface area contributed by atoms with Gasteiger partial charge in [0.15, 0.2) is 0 Å². The van der Waals surface area contributed by atoms with Crippen LogP contribution in [0.3, 0.4) is 0 Å². The summed E-state index contributed by atoms with van der Waals surface area (Å²) in [4.78, 5) is 0. The summed E-state index contributed by atoms with van der Waals surface area (Å²) in [6.45, 7) is 9.62. The molecule has 110 valence electrons. The second-order valence-electron chi connectivity index (χ2n) is 7.06. The molecule has 0 amide bonds. The van der Waals surface area contributed by atoms with Gasteiger partial charge in [-0.15, -0.1) is 0 Å². The van der Waals surface area contributed by atoms with E-state index in [4.69, 9.17) is 9.47 Å². The van der Waals surface area contributed by atoms with E-state index in [-0.39, 0.29) is 17.3 Å². The van der Waals surface area contributed by atoms with Crippen molar-refractivity contribution in [2.75, 3.05) is 0 Å². The maximum absolute atomic E-state index is 6.42. The Bertz CT molecular complexity index is 496. The minimum atomic E-state index is -0.0764. The van der Waals surface area contributed by atoms with Crippen molar-refractivity contribution in [2.45, 2.75) is 70.9 Å². The Balaban J connectivity index is 1.69. The van der Waals surface area contributed by atoms with Crippen LogP contribution in [0.25, 0.3) is 0 Å². The molecule has 2 saturated heterocycles. The van der Waals surface area contributed by atoms with Crippen molar-refractivity contribution in [2.24, 2.45) is 5.92 Å². The van der Waals surface area contributed by atoms with Crippen molar-refractivity contribution in [1.29, 1.82) is 0 Å². The first-order valence-corrected chi connectivity index (χ1v) is 7.81. The highest BCUT2D eigenvalue weighted by Gasteiger charge is 2.60. The van der Waals surface area contributed by atoms with Gasteiger partial charge in [0.1, 0.15) is 0 Å². The molecule has 2 fully saturated rings. The van der Waals surface area contributed by atoms with Gasteiger partial charge in [-0.05, 0) is 43.7 Å². The van der Waals surface area contributed by atoms with Crippen LogP contribution in [0.1, 0.15) is 51.2 Å². The van der Waals surface area contributed by atoms with E-state index in [2.05, 4.69) is 52.0 Å². The number of aryl methyl sites for hydroxylation is 1. The lowest BCUT2D eigenvalue weighted by Gasteiger charge is -2.31. The highest BCUT2D eigenvalue weighted by Crippen LogP contribution is 2.55. The van der Waals surface area contributed by atoms with E-state index >= 15 is 0 Å². The molecule has 0 aliphatic carbocycles. The molecular formula is C18H26O2. The van der Waals surface area contributed by atoms with E-state index < -0.39 is 0 Å². The molecule has 2 heterocycles. The molecule has 1 aromatic rings. The van der Waals surface area contributed by atoms with Crippen LogP contribution < -0.4 is 0 Å². The Hall–Kier alpha value is -0.860. The summed E-state index contributed by atoms with van der Waals surface area (Å²) in [6, 6.07) is 8.46. The average Bonchev–Trinajstić information content (AvgIpc) is 2.90. The largest absolute Gasteiger partial charge is 0.370 e. The lowest BCUT2D eigenvalue weighted by molar-refractivity contribution is -0.0960. The molecule has 20 heavy (non-hydrogen) atoms. The first kappa shape index (κ1) is 14.1. The molecule has 2 aliphatic heterocycles. The highest BCUT2D eigenvalue weighted by molar-refractivity contribution is 5.24. The van der Waals surface area contributed by atoms with Gasteiger partial charge in [0.05, 0.1) is 23.9 Å². The normalized spacial score (nSPS) is 36.0. The summed E-state index contributed by atoms with van der Waals surface area (Å²) in [6.07, 6.45) is 3.60. The first-order chi connectivity index (χ1) is 9.45. The minimum absolute atomic E-state index is 0.0607. The van der Waals surface area contributed by atoms with E-state index in [9.17, 15) is 0 Å². The summed E-state index contributed by atoms with van der Waals surface area (Å²) in [7, 11) is 0. The molecule has 1 aromatic carbocycles. The summed E-state index contributed by atoms with van der Waals surface area (Å²) in [5.74, 6) is 0.566. The zero-order valence-corrected chi connectivity index (χ0v) is 13.1. The Morgan fingerprint density at radius 1 is 1.30 bits per heavy atom. The molecular weight excluding hydrogens is 248 g/mol. The Morgan fingerprint density at radius 3 is 2.70 bits per heavy atom. The van der Waals surface area contributed by atoms with Crippen LogP contribution in [-0.4, -0.2) is 17.3 Å². The number of ether oxygens (including phenoxy) is 2. The van der Waals surface area contributed by atoms with E-state index in [0.717, 1.165) is 12.8 Å². The number of hydrogen-bond acceptors (Lipinski definition) is 2. The quantitative estimate of drug-likeness (QED) is 0.817. The number of hydrogen-bond donors (Lipinski definition) is 0. The molecule has 2 bridgehead atoms. The predicted octanol–water partition coefficient (Wildman–Crippen LogP) is 4.25. The summed E-state index contributed by atoms with van der Waals surface area (Å²) >= 11 is 0. The fourth-order valence-corrected chi connectivity index (χ4v) is 3.77. The molecule has 2 aliphatic rings. The van der Waals surface area contributed by atoms with Crippen LogP contribution in [0.2, 0.25) is 0 Å². The molecule has 3 atom stereocenters. The SMILES string of the molecule is Cc1ccccc1CO[C@@H]1C[C@]2(C(C)C)CC[C@]1(C)O2. The standard InChI is InChI=1S/C18H26O2/c1-13(2)18-10-9-17(4,20-18)16(11-18)19-12-15-8-6-5-7-14(15)3/h5-8,13,16H,9-12H2,1-4H3/t16-,17+,18+/m1/s1. The smallest absolute Gasteiger partial charge is 0.0924 e. The Kier molecular flexibility index (Phi) is 3.42. The lowest BCUT2D eigenvalue weighted by Crippen LogP contribution is -2.38. The fraction of sp³-hybridized carbons (Fsp3) is 0.667. The zero-order chi connectivity index (χ0) is 14.4. The Morgan fingerprint density at radius 2 is 2.05 bits per heavy atom. The van der Waals surface area contributed by atoms with Crippen LogP contribution in [0.15, 0.2) is 24.3 Å². The van der Waals surface area contributed by atoms with Gasteiger partial charge >= 0.3 is 0 Å². The third-order valence-corrected chi connectivity index (χ3v) is 5.45. The van der Waals surface area contributed by atoms with Crippen LogP contribution in [-0.2, 0) is 16.1 Å². The van der Waals surface area contributed by atoms with Crippen molar-refractivity contribution < 1.29 is 9.47 Å². The predicted molar refractivity (Wildman–Crippen MR) is 80.7 cm³/mol. The van der Waals surface area contributed by atoms with Crippen molar-refractivity contribution in [3.05, 3.63) is 35.4 Å². The molecule has 3 rings (SSSR count). The lowest BCUT2D eigenvalue weighted by atomic mass is 9.75. The summed E-state index contributed by atoms with van der Waals surface area (Å²) < 4.78 is 12.7. The van der Waals surface area contributed by atoms with Gasteiger partial charge in [-0.25, -0.2) is 0 Å². The average molecular weight is 274 g/mol. The second kappa shape index (κ2) is 4.85. The number of rotatable bonds is 4. The van der Waals surface area contributed by atoms with Crippen LogP contribution in [0.4, 0.5) is 0 Å². The van der Waals surface area contributed by atoms with Crippen molar-refractivity contribution in [3.8, 4) is 0 Å². The van der Waals surface area contributed by atoms with Gasteiger partial charge in [0.25, 0.3) is 0 Å². The highest BCUT2D eigenvalue weighted by atomic mass is 16.6. The van der Waals surface area contributed by atoms with E-state index in [0.29, 0.717) is 12.5 Å². The molecule has 0 unspecified atom stereocenters. The first-order valence-electron chi connectivity index (χ1n) is 7.81. The molecule has 0 aromatic heterocycles. The molecule has 0 radical (unpaired) electrons. The Labute approximate surface area is 122 Å². The van der Waals surface area contributed by atoms with Gasteiger partial charge in [-0.3, -0.25) is 0 Å². The molecule has 2 nitrogen and oxygen atoms in total. The monoisotopic (exact) mass is 274 g/mol. The minimum Gasteiger partial charge on any atom is -0.370 e. The maximum Gasteiger partial charge on any atom is 0.0924 e. The summed E-state index contributed by atoms with van der Waals surface area (Å²) in [5, 5.41) is 0. The van der Waals surface area contributed by atoms with Crippen LogP contribution in [0, 0.1) is 12.8 Å². The van der Waals surface area contributed by atoms with E-state index in [1.165, 1.54) is 17.5 Å². The third kappa shape index (κ3) is 2.19. The van der Waals surface area contributed by atoms with E-state index in [1.54, 1.807) is 0 Å². The molecule has 0 saturated carbocycles. The van der Waals surface area contributed by atoms with Gasteiger partial charge in [0, 0.05) is 6.42 Å². The second-order valence-corrected chi connectivity index (χ2v) is 7.06. The third-order valence-electron chi connectivity index (χ3n) is 5.45. The molecule has 0 N–H and O–H groups in total. The molecule has 2 heteroatoms. The number of fused-ring (bicyclic) bond motifs is 2. The maximum atomic E-state index is 6.42. The summed E-state index contributed by atoms with van der Waals surface area (Å²) in [5.41, 5.74) is 2.58. The van der Waals surface area contributed by atoms with Crippen molar-refractivity contribution >= 4 is 0 Å². The van der Waals surface area contributed by atoms with Crippen molar-refractivity contribution in [1.82, 2.24) is 0 Å². The number of benzene rings is 1. The van der Waals surface area contributed by atoms with Gasteiger partial charge < -0.3 is 9.47 Å². The van der Waals surface area contributed by atoms with Gasteiger partial charge in [0.2, 0.25) is 0 Å². The van der Waals surface area contributed by atoms with Crippen molar-refractivity contribution in [3.63, 3.8) is 0 Å². The van der Waals surface area contributed by atoms with Crippen LogP contribution in [0.5, 0.6) is 0 Å².